The minimum absolute atomic E-state index is 0.0348. The first kappa shape index (κ1) is 17.2. The Kier molecular flexibility index (Phi) is 5.73. The first-order valence-electron chi connectivity index (χ1n) is 8.15. The lowest BCUT2D eigenvalue weighted by Gasteiger charge is -2.24. The van der Waals surface area contributed by atoms with Gasteiger partial charge in [-0.15, -0.1) is 5.10 Å². The predicted molar refractivity (Wildman–Crippen MR) is 94.5 cm³/mol. The number of hydrogen-bond donors (Lipinski definition) is 1. The van der Waals surface area contributed by atoms with Crippen LogP contribution in [-0.4, -0.2) is 37.4 Å². The molecule has 0 unspecified atom stereocenters. The van der Waals surface area contributed by atoms with Gasteiger partial charge in [0, 0.05) is 11.1 Å². The molecule has 1 aliphatic carbocycles. The molecule has 1 saturated carbocycles. The van der Waals surface area contributed by atoms with E-state index < -0.39 is 0 Å². The number of nitrogens with zero attached hydrogens (tertiary/aromatic N) is 4. The fourth-order valence-electron chi connectivity index (χ4n) is 2.80. The molecule has 24 heavy (non-hydrogen) atoms. The topological polar surface area (TPSA) is 72.7 Å². The van der Waals surface area contributed by atoms with Crippen LogP contribution in [0.2, 0.25) is 5.02 Å². The molecule has 128 valence electrons. The van der Waals surface area contributed by atoms with E-state index in [1.165, 1.54) is 31.0 Å². The minimum Gasteiger partial charge on any atom is -0.352 e. The highest BCUT2D eigenvalue weighted by molar-refractivity contribution is 8.00. The van der Waals surface area contributed by atoms with E-state index in [-0.39, 0.29) is 11.2 Å². The zero-order valence-corrected chi connectivity index (χ0v) is 15.1. The second-order valence-corrected chi connectivity index (χ2v) is 7.70. The highest BCUT2D eigenvalue weighted by atomic mass is 35.5. The number of carbonyl (C=O) groups excluding carboxylic acids is 1. The van der Waals surface area contributed by atoms with Crippen LogP contribution in [0, 0.1) is 0 Å². The van der Waals surface area contributed by atoms with Crippen LogP contribution in [0.15, 0.2) is 29.4 Å². The van der Waals surface area contributed by atoms with Crippen molar-refractivity contribution in [3.05, 3.63) is 29.3 Å². The lowest BCUT2D eigenvalue weighted by Crippen LogP contribution is -2.40. The summed E-state index contributed by atoms with van der Waals surface area (Å²) in [6.45, 7) is 1.87. The van der Waals surface area contributed by atoms with Crippen molar-refractivity contribution in [1.82, 2.24) is 25.5 Å². The van der Waals surface area contributed by atoms with Gasteiger partial charge >= 0.3 is 0 Å². The summed E-state index contributed by atoms with van der Waals surface area (Å²) in [7, 11) is 0. The molecule has 0 radical (unpaired) electrons. The van der Waals surface area contributed by atoms with Gasteiger partial charge in [-0.3, -0.25) is 4.79 Å². The van der Waals surface area contributed by atoms with Crippen LogP contribution in [-0.2, 0) is 4.79 Å². The average molecular weight is 366 g/mol. The van der Waals surface area contributed by atoms with E-state index in [1.807, 2.05) is 19.1 Å². The molecule has 3 rings (SSSR count). The Labute approximate surface area is 150 Å². The SMILES string of the molecule is C[C@@H](Sc1nnnn1-c1cccc(Cl)c1)C(=O)NC1CCCCC1. The third kappa shape index (κ3) is 4.27. The number of nitrogens with one attached hydrogen (secondary N) is 1. The standard InChI is InChI=1S/C16H20ClN5OS/c1-11(15(23)18-13-7-3-2-4-8-13)24-16-19-20-21-22(16)14-9-5-6-12(17)10-14/h5-6,9-11,13H,2-4,7-8H2,1H3,(H,18,23)/t11-/m1/s1. The van der Waals surface area contributed by atoms with E-state index in [9.17, 15) is 4.79 Å². The molecule has 1 N–H and O–H groups in total. The summed E-state index contributed by atoms with van der Waals surface area (Å²) in [4.78, 5) is 12.4. The number of halogens is 1. The van der Waals surface area contributed by atoms with Crippen LogP contribution < -0.4 is 5.32 Å². The van der Waals surface area contributed by atoms with E-state index in [2.05, 4.69) is 20.8 Å². The van der Waals surface area contributed by atoms with Crippen LogP contribution >= 0.6 is 23.4 Å². The van der Waals surface area contributed by atoms with Crippen molar-refractivity contribution in [3.63, 3.8) is 0 Å². The first-order valence-corrected chi connectivity index (χ1v) is 9.40. The number of benzene rings is 1. The normalized spacial score (nSPS) is 16.8. The maximum Gasteiger partial charge on any atom is 0.233 e. The Hall–Kier alpha value is -1.60. The molecule has 1 atom stereocenters. The molecule has 6 nitrogen and oxygen atoms in total. The summed E-state index contributed by atoms with van der Waals surface area (Å²) < 4.78 is 1.60. The number of rotatable bonds is 5. The molecule has 0 saturated heterocycles. The van der Waals surface area contributed by atoms with Crippen LogP contribution in [0.4, 0.5) is 0 Å². The third-order valence-electron chi connectivity index (χ3n) is 4.10. The van der Waals surface area contributed by atoms with Gasteiger partial charge in [-0.1, -0.05) is 48.7 Å². The van der Waals surface area contributed by atoms with Gasteiger partial charge in [0.15, 0.2) is 0 Å². The molecule has 0 aliphatic heterocycles. The van der Waals surface area contributed by atoms with E-state index in [4.69, 9.17) is 11.6 Å². The van der Waals surface area contributed by atoms with E-state index in [1.54, 1.807) is 16.8 Å². The van der Waals surface area contributed by atoms with E-state index in [0.717, 1.165) is 18.5 Å². The molecule has 1 fully saturated rings. The molecule has 1 heterocycles. The monoisotopic (exact) mass is 365 g/mol. The molecule has 1 amide bonds. The summed E-state index contributed by atoms with van der Waals surface area (Å²) in [6.07, 6.45) is 5.80. The van der Waals surface area contributed by atoms with Gasteiger partial charge < -0.3 is 5.32 Å². The Bertz CT molecular complexity index is 701. The van der Waals surface area contributed by atoms with E-state index in [0.29, 0.717) is 16.2 Å². The third-order valence-corrected chi connectivity index (χ3v) is 5.36. The number of amides is 1. The van der Waals surface area contributed by atoms with Crippen LogP contribution in [0.3, 0.4) is 0 Å². The van der Waals surface area contributed by atoms with Gasteiger partial charge in [0.25, 0.3) is 0 Å². The number of aromatic nitrogens is 4. The summed E-state index contributed by atoms with van der Waals surface area (Å²) in [5.74, 6) is 0.0348. The second-order valence-electron chi connectivity index (χ2n) is 5.96. The van der Waals surface area contributed by atoms with Crippen molar-refractivity contribution < 1.29 is 4.79 Å². The molecule has 2 aromatic rings. The van der Waals surface area contributed by atoms with Gasteiger partial charge in [-0.05, 0) is 48.4 Å². The Morgan fingerprint density at radius 1 is 1.38 bits per heavy atom. The van der Waals surface area contributed by atoms with Crippen molar-refractivity contribution in [2.24, 2.45) is 0 Å². The van der Waals surface area contributed by atoms with Gasteiger partial charge in [0.05, 0.1) is 10.9 Å². The molecule has 0 spiro atoms. The Balaban J connectivity index is 1.65. The fraction of sp³-hybridized carbons (Fsp3) is 0.500. The second kappa shape index (κ2) is 7.98. The quantitative estimate of drug-likeness (QED) is 0.823. The largest absolute Gasteiger partial charge is 0.352 e. The van der Waals surface area contributed by atoms with Crippen LogP contribution in [0.5, 0.6) is 0 Å². The van der Waals surface area contributed by atoms with E-state index >= 15 is 0 Å². The number of tetrazole rings is 1. The maximum atomic E-state index is 12.4. The Morgan fingerprint density at radius 3 is 2.92 bits per heavy atom. The number of hydrogen-bond acceptors (Lipinski definition) is 5. The molecule has 1 aromatic heterocycles. The summed E-state index contributed by atoms with van der Waals surface area (Å²) >= 11 is 7.37. The highest BCUT2D eigenvalue weighted by Crippen LogP contribution is 2.25. The van der Waals surface area contributed by atoms with Crippen molar-refractivity contribution in [2.75, 3.05) is 0 Å². The lowest BCUT2D eigenvalue weighted by atomic mass is 9.95. The summed E-state index contributed by atoms with van der Waals surface area (Å²) in [5, 5.41) is 15.8. The molecule has 8 heteroatoms. The average Bonchev–Trinajstić information content (AvgIpc) is 3.04. The van der Waals surface area contributed by atoms with Crippen LogP contribution in [0.1, 0.15) is 39.0 Å². The smallest absolute Gasteiger partial charge is 0.233 e. The first-order chi connectivity index (χ1) is 11.6. The molecule has 1 aliphatic rings. The molecular weight excluding hydrogens is 346 g/mol. The van der Waals surface area contributed by atoms with Crippen molar-refractivity contribution >= 4 is 29.3 Å². The number of thioether (sulfide) groups is 1. The molecule has 1 aromatic carbocycles. The number of carbonyl (C=O) groups is 1. The zero-order valence-electron chi connectivity index (χ0n) is 13.5. The lowest BCUT2D eigenvalue weighted by molar-refractivity contribution is -0.121. The summed E-state index contributed by atoms with van der Waals surface area (Å²) in [5.41, 5.74) is 0.773. The highest BCUT2D eigenvalue weighted by Gasteiger charge is 2.22. The van der Waals surface area contributed by atoms with Gasteiger partial charge in [-0.25, -0.2) is 0 Å². The maximum absolute atomic E-state index is 12.4. The zero-order chi connectivity index (χ0) is 16.9. The van der Waals surface area contributed by atoms with Gasteiger partial charge in [0.1, 0.15) is 0 Å². The van der Waals surface area contributed by atoms with Gasteiger partial charge in [-0.2, -0.15) is 4.68 Å². The van der Waals surface area contributed by atoms with Crippen molar-refractivity contribution in [1.29, 1.82) is 0 Å². The van der Waals surface area contributed by atoms with Gasteiger partial charge in [0.2, 0.25) is 11.1 Å². The van der Waals surface area contributed by atoms with Crippen LogP contribution in [0.25, 0.3) is 5.69 Å². The Morgan fingerprint density at radius 2 is 2.17 bits per heavy atom. The van der Waals surface area contributed by atoms with Crippen molar-refractivity contribution in [2.45, 2.75) is 55.5 Å². The molecule has 0 bridgehead atoms. The fourth-order valence-corrected chi connectivity index (χ4v) is 3.80. The van der Waals surface area contributed by atoms with Crippen molar-refractivity contribution in [3.8, 4) is 5.69 Å². The molecular formula is C16H20ClN5OS. The predicted octanol–water partition coefficient (Wildman–Crippen LogP) is 3.25. The summed E-state index contributed by atoms with van der Waals surface area (Å²) in [6, 6.07) is 7.60. The minimum atomic E-state index is -0.268.